The Labute approximate surface area is 121 Å². The molecule has 0 aliphatic carbocycles. The zero-order valence-corrected chi connectivity index (χ0v) is 11.8. The summed E-state index contributed by atoms with van der Waals surface area (Å²) < 4.78 is 0. The third kappa shape index (κ3) is 12.3. The van der Waals surface area contributed by atoms with E-state index < -0.39 is 11.9 Å². The fraction of sp³-hybridized carbons (Fsp3) is 0.308. The molecule has 0 spiro atoms. The van der Waals surface area contributed by atoms with E-state index in [0.29, 0.717) is 0 Å². The van der Waals surface area contributed by atoms with E-state index in [-0.39, 0.29) is 24.3 Å². The van der Waals surface area contributed by atoms with Crippen molar-refractivity contribution in [2.45, 2.75) is 0 Å². The summed E-state index contributed by atoms with van der Waals surface area (Å²) in [5, 5.41) is 32.2. The Hall–Kier alpha value is -2.45. The Morgan fingerprint density at radius 2 is 1.19 bits per heavy atom. The van der Waals surface area contributed by atoms with Crippen LogP contribution in [0.3, 0.4) is 0 Å². The highest BCUT2D eigenvalue weighted by Gasteiger charge is 2.04. The standard InChI is InChI=1S/C8H6O4.C3H7NO.C2H6O2/c9-7(10)5-1-2-6(4-3-5)8(11)12;1-4(2)3-5;3-1-2-4/h1-4H,(H,9,10)(H,11,12);3H,1-2H3;3-4H,1-2H2. The number of hydrogen-bond acceptors (Lipinski definition) is 5. The van der Waals surface area contributed by atoms with Crippen LogP contribution >= 0.6 is 0 Å². The number of benzene rings is 1. The van der Waals surface area contributed by atoms with E-state index in [1.54, 1.807) is 14.1 Å². The quantitative estimate of drug-likeness (QED) is 0.563. The van der Waals surface area contributed by atoms with Crippen LogP contribution in [0.25, 0.3) is 0 Å². The van der Waals surface area contributed by atoms with Crippen LogP contribution in [-0.2, 0) is 4.79 Å². The molecule has 1 aromatic carbocycles. The summed E-state index contributed by atoms with van der Waals surface area (Å²) in [7, 11) is 3.38. The molecule has 0 radical (unpaired) electrons. The molecule has 1 rings (SSSR count). The second-order valence-electron chi connectivity index (χ2n) is 3.70. The van der Waals surface area contributed by atoms with Crippen LogP contribution in [0.2, 0.25) is 0 Å². The number of hydrogen-bond donors (Lipinski definition) is 4. The average Bonchev–Trinajstić information content (AvgIpc) is 2.48. The van der Waals surface area contributed by atoms with Gasteiger partial charge in [0.2, 0.25) is 6.41 Å². The molecule has 0 fully saturated rings. The normalized spacial score (nSPS) is 8.38. The summed E-state index contributed by atoms with van der Waals surface area (Å²) in [5.74, 6) is -2.13. The van der Waals surface area contributed by atoms with Gasteiger partial charge >= 0.3 is 11.9 Å². The van der Waals surface area contributed by atoms with Crippen LogP contribution in [0.5, 0.6) is 0 Å². The van der Waals surface area contributed by atoms with Gasteiger partial charge in [-0.25, -0.2) is 9.59 Å². The molecule has 0 aliphatic heterocycles. The molecular formula is C13H19NO7. The van der Waals surface area contributed by atoms with Crippen LogP contribution in [-0.4, -0.2) is 71.0 Å². The summed E-state index contributed by atoms with van der Waals surface area (Å²) >= 11 is 0. The molecule has 0 unspecified atom stereocenters. The number of nitrogens with zero attached hydrogens (tertiary/aromatic N) is 1. The number of amides is 1. The lowest BCUT2D eigenvalue weighted by atomic mass is 10.1. The van der Waals surface area contributed by atoms with Gasteiger partial charge in [0.05, 0.1) is 24.3 Å². The minimum absolute atomic E-state index is 0.0833. The monoisotopic (exact) mass is 301 g/mol. The summed E-state index contributed by atoms with van der Waals surface area (Å²) in [6, 6.07) is 5.02. The van der Waals surface area contributed by atoms with Gasteiger partial charge in [-0.2, -0.15) is 0 Å². The second kappa shape index (κ2) is 12.6. The fourth-order valence-electron chi connectivity index (χ4n) is 0.755. The molecule has 1 amide bonds. The maximum absolute atomic E-state index is 10.3. The Morgan fingerprint density at radius 1 is 0.952 bits per heavy atom. The van der Waals surface area contributed by atoms with Crippen LogP contribution in [0.4, 0.5) is 0 Å². The zero-order chi connectivity index (χ0) is 16.8. The summed E-state index contributed by atoms with van der Waals surface area (Å²) in [6.45, 7) is -0.250. The van der Waals surface area contributed by atoms with Gasteiger partial charge in [-0.3, -0.25) is 4.79 Å². The highest BCUT2D eigenvalue weighted by atomic mass is 16.4. The number of aromatic carboxylic acids is 2. The molecule has 118 valence electrons. The predicted molar refractivity (Wildman–Crippen MR) is 74.3 cm³/mol. The lowest BCUT2D eigenvalue weighted by Gasteiger charge is -1.94. The first kappa shape index (κ1) is 20.9. The molecule has 8 heteroatoms. The Bertz CT molecular complexity index is 394. The van der Waals surface area contributed by atoms with Gasteiger partial charge in [-0.05, 0) is 24.3 Å². The summed E-state index contributed by atoms with van der Waals surface area (Å²) in [4.78, 5) is 31.5. The van der Waals surface area contributed by atoms with E-state index in [4.69, 9.17) is 20.4 Å². The summed E-state index contributed by atoms with van der Waals surface area (Å²) in [6.07, 6.45) is 0.750. The van der Waals surface area contributed by atoms with Gasteiger partial charge in [0.1, 0.15) is 0 Å². The zero-order valence-electron chi connectivity index (χ0n) is 11.8. The molecular weight excluding hydrogens is 282 g/mol. The van der Waals surface area contributed by atoms with Crippen molar-refractivity contribution in [2.75, 3.05) is 27.3 Å². The Balaban J connectivity index is 0. The number of rotatable bonds is 4. The Morgan fingerprint density at radius 3 is 1.29 bits per heavy atom. The third-order valence-corrected chi connectivity index (χ3v) is 1.69. The van der Waals surface area contributed by atoms with Gasteiger partial charge in [0, 0.05) is 14.1 Å². The van der Waals surface area contributed by atoms with Crippen LogP contribution < -0.4 is 0 Å². The first-order valence-corrected chi connectivity index (χ1v) is 5.70. The van der Waals surface area contributed by atoms with Crippen molar-refractivity contribution in [3.8, 4) is 0 Å². The van der Waals surface area contributed by atoms with Crippen LogP contribution in [0.15, 0.2) is 24.3 Å². The number of carbonyl (C=O) groups excluding carboxylic acids is 1. The minimum Gasteiger partial charge on any atom is -0.478 e. The molecule has 8 nitrogen and oxygen atoms in total. The van der Waals surface area contributed by atoms with Crippen molar-refractivity contribution in [1.29, 1.82) is 0 Å². The van der Waals surface area contributed by atoms with Gasteiger partial charge in [-0.15, -0.1) is 0 Å². The molecule has 0 bridgehead atoms. The molecule has 0 aliphatic rings. The first-order chi connectivity index (χ1) is 9.79. The highest BCUT2D eigenvalue weighted by Crippen LogP contribution is 2.03. The van der Waals surface area contributed by atoms with Crippen molar-refractivity contribution in [2.24, 2.45) is 0 Å². The fourth-order valence-corrected chi connectivity index (χ4v) is 0.755. The number of carboxylic acid groups (broad SMARTS) is 2. The highest BCUT2D eigenvalue weighted by molar-refractivity contribution is 5.91. The SMILES string of the molecule is CN(C)C=O.O=C(O)c1ccc(C(=O)O)cc1.OCCO. The predicted octanol–water partition coefficient (Wildman–Crippen LogP) is -0.242. The molecule has 0 heterocycles. The largest absolute Gasteiger partial charge is 0.478 e. The van der Waals surface area contributed by atoms with Gasteiger partial charge in [0.15, 0.2) is 0 Å². The smallest absolute Gasteiger partial charge is 0.335 e. The third-order valence-electron chi connectivity index (χ3n) is 1.69. The van der Waals surface area contributed by atoms with Crippen molar-refractivity contribution in [1.82, 2.24) is 4.90 Å². The van der Waals surface area contributed by atoms with Gasteiger partial charge in [-0.1, -0.05) is 0 Å². The van der Waals surface area contributed by atoms with Crippen LogP contribution in [0.1, 0.15) is 20.7 Å². The van der Waals surface area contributed by atoms with Gasteiger partial charge in [0.25, 0.3) is 0 Å². The number of carboxylic acids is 2. The second-order valence-corrected chi connectivity index (χ2v) is 3.70. The van der Waals surface area contributed by atoms with Crippen LogP contribution in [0, 0.1) is 0 Å². The number of carbonyl (C=O) groups is 3. The maximum atomic E-state index is 10.3. The molecule has 1 aromatic rings. The van der Waals surface area contributed by atoms with E-state index in [1.807, 2.05) is 0 Å². The number of aliphatic hydroxyl groups is 2. The van der Waals surface area contributed by atoms with E-state index >= 15 is 0 Å². The molecule has 0 atom stereocenters. The average molecular weight is 301 g/mol. The van der Waals surface area contributed by atoms with E-state index in [9.17, 15) is 14.4 Å². The van der Waals surface area contributed by atoms with Gasteiger partial charge < -0.3 is 25.3 Å². The van der Waals surface area contributed by atoms with E-state index in [1.165, 1.54) is 29.2 Å². The van der Waals surface area contributed by atoms with Crippen molar-refractivity contribution in [3.63, 3.8) is 0 Å². The van der Waals surface area contributed by atoms with Crippen molar-refractivity contribution in [3.05, 3.63) is 35.4 Å². The molecule has 0 saturated carbocycles. The van der Waals surface area contributed by atoms with E-state index in [2.05, 4.69) is 0 Å². The molecule has 4 N–H and O–H groups in total. The maximum Gasteiger partial charge on any atom is 0.335 e. The molecule has 0 saturated heterocycles. The molecule has 0 aromatic heterocycles. The minimum atomic E-state index is -1.06. The molecule has 21 heavy (non-hydrogen) atoms. The van der Waals surface area contributed by atoms with E-state index in [0.717, 1.165) is 6.41 Å². The summed E-state index contributed by atoms with van der Waals surface area (Å²) in [5.41, 5.74) is 0.167. The number of aliphatic hydroxyl groups excluding tert-OH is 2. The lowest BCUT2D eigenvalue weighted by Crippen LogP contribution is -2.06. The van der Waals surface area contributed by atoms with Crippen molar-refractivity contribution >= 4 is 18.3 Å². The van der Waals surface area contributed by atoms with Crippen molar-refractivity contribution < 1.29 is 34.8 Å². The first-order valence-electron chi connectivity index (χ1n) is 5.70. The topological polar surface area (TPSA) is 135 Å². The Kier molecular flexibility index (Phi) is 12.5. The lowest BCUT2D eigenvalue weighted by molar-refractivity contribution is -0.115.